The molecule has 0 radical (unpaired) electrons. The summed E-state index contributed by atoms with van der Waals surface area (Å²) in [4.78, 5) is 17.2. The van der Waals surface area contributed by atoms with E-state index in [0.29, 0.717) is 17.7 Å². The topological polar surface area (TPSA) is 54.6 Å². The van der Waals surface area contributed by atoms with E-state index in [0.717, 1.165) is 11.3 Å². The van der Waals surface area contributed by atoms with E-state index in [2.05, 4.69) is 4.98 Å². The third kappa shape index (κ3) is 2.62. The molecule has 0 bridgehead atoms. The maximum absolute atomic E-state index is 12.7. The molecule has 4 nitrogen and oxygen atoms in total. The fourth-order valence-electron chi connectivity index (χ4n) is 2.28. The van der Waals surface area contributed by atoms with Gasteiger partial charge in [0.1, 0.15) is 17.1 Å². The van der Waals surface area contributed by atoms with Crippen LogP contribution in [0.1, 0.15) is 28.7 Å². The number of pyridine rings is 1. The molecule has 0 aliphatic heterocycles. The van der Waals surface area contributed by atoms with Gasteiger partial charge in [-0.05, 0) is 42.8 Å². The zero-order valence-electron chi connectivity index (χ0n) is 11.5. The first kappa shape index (κ1) is 15.1. The molecule has 0 saturated carbocycles. The summed E-state index contributed by atoms with van der Waals surface area (Å²) >= 11 is 0. The Hall–Kier alpha value is -2.33. The van der Waals surface area contributed by atoms with E-state index >= 15 is 0 Å². The fourth-order valence-corrected chi connectivity index (χ4v) is 2.28. The number of aromatic nitrogens is 2. The second kappa shape index (κ2) is 5.97. The molecule has 2 aromatic heterocycles. The molecule has 0 aliphatic carbocycles. The minimum absolute atomic E-state index is 0. The number of phenolic OH excluding ortho intramolecular Hbond substituents is 1. The number of nitrogens with zero attached hydrogens (tertiary/aromatic N) is 2. The fraction of sp³-hybridized carbons (Fsp3) is 0.125. The maximum Gasteiger partial charge on any atom is 0.211 e. The number of halogens is 1. The SMILES string of the molecule is CCc1nc2ccccn2c1C(=O)c1ccc(O)cc1.Cl. The van der Waals surface area contributed by atoms with Crippen LogP contribution in [0.5, 0.6) is 5.75 Å². The summed E-state index contributed by atoms with van der Waals surface area (Å²) < 4.78 is 1.81. The Balaban J connectivity index is 0.00000161. The second-order valence-corrected chi connectivity index (χ2v) is 4.57. The lowest BCUT2D eigenvalue weighted by Crippen LogP contribution is -2.07. The number of aryl methyl sites for hydroxylation is 1. The van der Waals surface area contributed by atoms with Crippen molar-refractivity contribution in [3.8, 4) is 5.75 Å². The number of fused-ring (bicyclic) bond motifs is 1. The molecule has 108 valence electrons. The normalized spacial score (nSPS) is 10.3. The van der Waals surface area contributed by atoms with Gasteiger partial charge >= 0.3 is 0 Å². The Morgan fingerprint density at radius 2 is 1.90 bits per heavy atom. The lowest BCUT2D eigenvalue weighted by Gasteiger charge is -2.03. The van der Waals surface area contributed by atoms with Gasteiger partial charge in [0.25, 0.3) is 0 Å². The smallest absolute Gasteiger partial charge is 0.211 e. The summed E-state index contributed by atoms with van der Waals surface area (Å²) in [6.45, 7) is 1.98. The quantitative estimate of drug-likeness (QED) is 0.756. The first-order valence-corrected chi connectivity index (χ1v) is 6.50. The monoisotopic (exact) mass is 302 g/mol. The third-order valence-electron chi connectivity index (χ3n) is 3.28. The van der Waals surface area contributed by atoms with Crippen LogP contribution in [0.4, 0.5) is 0 Å². The molecule has 0 spiro atoms. The van der Waals surface area contributed by atoms with Crippen LogP contribution in [0.2, 0.25) is 0 Å². The molecular formula is C16H15ClN2O2. The number of carbonyl (C=O) groups is 1. The molecule has 21 heavy (non-hydrogen) atoms. The Kier molecular flexibility index (Phi) is 4.29. The maximum atomic E-state index is 12.7. The van der Waals surface area contributed by atoms with Gasteiger partial charge in [-0.3, -0.25) is 9.20 Å². The van der Waals surface area contributed by atoms with Crippen molar-refractivity contribution < 1.29 is 9.90 Å². The van der Waals surface area contributed by atoms with E-state index in [-0.39, 0.29) is 23.9 Å². The summed E-state index contributed by atoms with van der Waals surface area (Å²) in [6.07, 6.45) is 2.54. The molecule has 2 heterocycles. The molecule has 0 saturated heterocycles. The van der Waals surface area contributed by atoms with Crippen LogP contribution < -0.4 is 0 Å². The van der Waals surface area contributed by atoms with Gasteiger partial charge < -0.3 is 5.11 Å². The van der Waals surface area contributed by atoms with E-state index in [1.807, 2.05) is 35.7 Å². The van der Waals surface area contributed by atoms with E-state index in [9.17, 15) is 9.90 Å². The van der Waals surface area contributed by atoms with Gasteiger partial charge in [-0.2, -0.15) is 0 Å². The zero-order valence-corrected chi connectivity index (χ0v) is 12.3. The molecule has 5 heteroatoms. The lowest BCUT2D eigenvalue weighted by molar-refractivity contribution is 0.103. The number of imidazole rings is 1. The Bertz CT molecular complexity index is 779. The van der Waals surface area contributed by atoms with E-state index in [1.54, 1.807) is 12.1 Å². The Labute approximate surface area is 128 Å². The second-order valence-electron chi connectivity index (χ2n) is 4.57. The van der Waals surface area contributed by atoms with Gasteiger partial charge in [-0.1, -0.05) is 13.0 Å². The van der Waals surface area contributed by atoms with Crippen molar-refractivity contribution in [3.05, 3.63) is 65.6 Å². The number of aromatic hydroxyl groups is 1. The third-order valence-corrected chi connectivity index (χ3v) is 3.28. The van der Waals surface area contributed by atoms with Crippen molar-refractivity contribution in [1.29, 1.82) is 0 Å². The number of ketones is 1. The van der Waals surface area contributed by atoms with Crippen molar-refractivity contribution in [2.45, 2.75) is 13.3 Å². The first-order chi connectivity index (χ1) is 9.70. The van der Waals surface area contributed by atoms with Crippen LogP contribution in [0.15, 0.2) is 48.7 Å². The van der Waals surface area contributed by atoms with Crippen LogP contribution in [0.3, 0.4) is 0 Å². The summed E-state index contributed by atoms with van der Waals surface area (Å²) in [6, 6.07) is 11.9. The van der Waals surface area contributed by atoms with Crippen molar-refractivity contribution in [3.63, 3.8) is 0 Å². The highest BCUT2D eigenvalue weighted by atomic mass is 35.5. The highest BCUT2D eigenvalue weighted by Crippen LogP contribution is 2.19. The predicted octanol–water partition coefficient (Wildman–Crippen LogP) is 3.26. The number of phenols is 1. The number of benzene rings is 1. The number of hydrogen-bond acceptors (Lipinski definition) is 3. The molecule has 3 rings (SSSR count). The highest BCUT2D eigenvalue weighted by Gasteiger charge is 2.19. The minimum atomic E-state index is -0.0828. The van der Waals surface area contributed by atoms with Crippen LogP contribution in [0, 0.1) is 0 Å². The first-order valence-electron chi connectivity index (χ1n) is 6.50. The minimum Gasteiger partial charge on any atom is -0.508 e. The van der Waals surface area contributed by atoms with Crippen LogP contribution in [0.25, 0.3) is 5.65 Å². The number of rotatable bonds is 3. The van der Waals surface area contributed by atoms with Crippen LogP contribution >= 0.6 is 12.4 Å². The molecule has 0 amide bonds. The zero-order chi connectivity index (χ0) is 14.1. The van der Waals surface area contributed by atoms with Crippen molar-refractivity contribution in [2.24, 2.45) is 0 Å². The standard InChI is InChI=1S/C16H14N2O2.ClH/c1-2-13-15(18-10-4-3-5-14(18)17-13)16(20)11-6-8-12(19)9-7-11;/h3-10,19H,2H2,1H3;1H. The Morgan fingerprint density at radius 3 is 2.57 bits per heavy atom. The average molecular weight is 303 g/mol. The molecule has 0 unspecified atom stereocenters. The van der Waals surface area contributed by atoms with Gasteiger partial charge in [0, 0.05) is 11.8 Å². The molecule has 3 aromatic rings. The van der Waals surface area contributed by atoms with Gasteiger partial charge in [0.2, 0.25) is 5.78 Å². The summed E-state index contributed by atoms with van der Waals surface area (Å²) in [7, 11) is 0. The summed E-state index contributed by atoms with van der Waals surface area (Å²) in [5.41, 5.74) is 2.69. The predicted molar refractivity (Wildman–Crippen MR) is 83.4 cm³/mol. The van der Waals surface area contributed by atoms with Crippen LogP contribution in [-0.2, 0) is 6.42 Å². The summed E-state index contributed by atoms with van der Waals surface area (Å²) in [5.74, 6) is 0.0657. The molecule has 0 atom stereocenters. The highest BCUT2D eigenvalue weighted by molar-refractivity contribution is 6.09. The molecule has 1 aromatic carbocycles. The molecular weight excluding hydrogens is 288 g/mol. The Morgan fingerprint density at radius 1 is 1.19 bits per heavy atom. The van der Waals surface area contributed by atoms with Gasteiger partial charge in [0.15, 0.2) is 0 Å². The largest absolute Gasteiger partial charge is 0.508 e. The molecule has 0 fully saturated rings. The van der Waals surface area contributed by atoms with Gasteiger partial charge in [0.05, 0.1) is 5.69 Å². The van der Waals surface area contributed by atoms with Gasteiger partial charge in [-0.15, -0.1) is 12.4 Å². The average Bonchev–Trinajstić information content (AvgIpc) is 2.85. The lowest BCUT2D eigenvalue weighted by atomic mass is 10.1. The molecule has 1 N–H and O–H groups in total. The van der Waals surface area contributed by atoms with Crippen molar-refractivity contribution in [1.82, 2.24) is 9.38 Å². The van der Waals surface area contributed by atoms with Crippen LogP contribution in [-0.4, -0.2) is 20.3 Å². The number of hydrogen-bond donors (Lipinski definition) is 1. The molecule has 0 aliphatic rings. The van der Waals surface area contributed by atoms with Crippen molar-refractivity contribution in [2.75, 3.05) is 0 Å². The van der Waals surface area contributed by atoms with E-state index < -0.39 is 0 Å². The van der Waals surface area contributed by atoms with E-state index in [4.69, 9.17) is 0 Å². The van der Waals surface area contributed by atoms with Gasteiger partial charge in [-0.25, -0.2) is 4.98 Å². The summed E-state index contributed by atoms with van der Waals surface area (Å²) in [5, 5.41) is 9.31. The van der Waals surface area contributed by atoms with E-state index in [1.165, 1.54) is 12.1 Å². The number of carbonyl (C=O) groups excluding carboxylic acids is 1. The van der Waals surface area contributed by atoms with Crippen molar-refractivity contribution >= 4 is 23.8 Å².